The third-order valence-electron chi connectivity index (χ3n) is 11.5. The van der Waals surface area contributed by atoms with Gasteiger partial charge in [0.05, 0.1) is 22.1 Å². The Balaban J connectivity index is 1.12. The summed E-state index contributed by atoms with van der Waals surface area (Å²) >= 11 is 0. The normalized spacial score (nSPS) is 12.3. The maximum Gasteiger partial charge on any atom is 0.236 e. The van der Waals surface area contributed by atoms with Crippen LogP contribution < -0.4 is 0 Å². The summed E-state index contributed by atoms with van der Waals surface area (Å²) in [6.45, 7) is 0. The molecule has 13 rings (SSSR count). The van der Waals surface area contributed by atoms with Gasteiger partial charge in [-0.1, -0.05) is 103 Å². The first-order valence-corrected chi connectivity index (χ1v) is 18.8. The maximum absolute atomic E-state index is 6.60. The number of furan rings is 2. The molecule has 0 radical (unpaired) electrons. The molecule has 0 bridgehead atoms. The van der Waals surface area contributed by atoms with Crippen molar-refractivity contribution in [2.24, 2.45) is 0 Å². The van der Waals surface area contributed by atoms with Crippen molar-refractivity contribution in [2.45, 2.75) is 0 Å². The molecule has 0 saturated carbocycles. The lowest BCUT2D eigenvalue weighted by Gasteiger charge is -2.10. The van der Waals surface area contributed by atoms with E-state index in [1.54, 1.807) is 0 Å². The standard InChI is InChI=1S/C50H28N4O2/c1-2-13-31(14-3-1)53-37-19-9-6-16-33(37)45-39(53)25-26-40-46(45)34-17-7-10-20-38(34)54(40)50-51-47(49-48(52-50)36-18-8-11-21-41(36)56-49)30-22-24-35-43(28-30)55-42-27-23-29-12-4-5-15-32(29)44(35)42/h1-28H. The molecule has 0 aliphatic carbocycles. The van der Waals surface area contributed by atoms with Gasteiger partial charge in [-0.05, 0) is 77.5 Å². The van der Waals surface area contributed by atoms with Crippen LogP contribution in [0.5, 0.6) is 0 Å². The van der Waals surface area contributed by atoms with E-state index >= 15 is 0 Å². The predicted molar refractivity (Wildman–Crippen MR) is 228 cm³/mol. The number of fused-ring (bicyclic) bond motifs is 15. The number of aromatic nitrogens is 4. The molecular formula is C50H28N4O2. The number of para-hydroxylation sites is 4. The fraction of sp³-hybridized carbons (Fsp3) is 0. The molecule has 0 aliphatic rings. The topological polar surface area (TPSA) is 61.9 Å². The molecule has 0 amide bonds. The first-order chi connectivity index (χ1) is 27.8. The highest BCUT2D eigenvalue weighted by Crippen LogP contribution is 2.44. The van der Waals surface area contributed by atoms with Gasteiger partial charge in [-0.2, -0.15) is 0 Å². The largest absolute Gasteiger partial charge is 0.456 e. The van der Waals surface area contributed by atoms with Crippen LogP contribution >= 0.6 is 0 Å². The smallest absolute Gasteiger partial charge is 0.236 e. The number of rotatable bonds is 3. The van der Waals surface area contributed by atoms with Crippen LogP contribution in [0.2, 0.25) is 0 Å². The molecule has 8 aromatic carbocycles. The fourth-order valence-corrected chi connectivity index (χ4v) is 9.16. The minimum Gasteiger partial charge on any atom is -0.456 e. The van der Waals surface area contributed by atoms with Gasteiger partial charge < -0.3 is 13.4 Å². The van der Waals surface area contributed by atoms with Gasteiger partial charge in [0.1, 0.15) is 28.0 Å². The molecule has 0 N–H and O–H groups in total. The second-order valence-corrected chi connectivity index (χ2v) is 14.5. The lowest BCUT2D eigenvalue weighted by molar-refractivity contribution is 0.666. The summed E-state index contributed by atoms with van der Waals surface area (Å²) in [6, 6.07) is 59.5. The van der Waals surface area contributed by atoms with E-state index < -0.39 is 0 Å². The number of hydrogen-bond donors (Lipinski definition) is 0. The molecule has 13 aromatic rings. The summed E-state index contributed by atoms with van der Waals surface area (Å²) in [5, 5.41) is 10.2. The summed E-state index contributed by atoms with van der Waals surface area (Å²) in [5.74, 6) is 0.576. The van der Waals surface area contributed by atoms with Gasteiger partial charge >= 0.3 is 0 Å². The van der Waals surface area contributed by atoms with Gasteiger partial charge in [-0.15, -0.1) is 0 Å². The zero-order chi connectivity index (χ0) is 36.5. The Morgan fingerprint density at radius 2 is 1.05 bits per heavy atom. The highest BCUT2D eigenvalue weighted by atomic mass is 16.3. The number of hydrogen-bond acceptors (Lipinski definition) is 4. The van der Waals surface area contributed by atoms with Crippen LogP contribution in [0.3, 0.4) is 0 Å². The van der Waals surface area contributed by atoms with Crippen molar-refractivity contribution in [3.8, 4) is 22.9 Å². The van der Waals surface area contributed by atoms with Crippen molar-refractivity contribution in [3.05, 3.63) is 170 Å². The Hall–Kier alpha value is -7.70. The summed E-state index contributed by atoms with van der Waals surface area (Å²) in [5.41, 5.74) is 10.9. The molecule has 56 heavy (non-hydrogen) atoms. The van der Waals surface area contributed by atoms with Crippen molar-refractivity contribution in [1.29, 1.82) is 0 Å². The summed E-state index contributed by atoms with van der Waals surface area (Å²) in [4.78, 5) is 10.8. The van der Waals surface area contributed by atoms with E-state index in [0.29, 0.717) is 17.2 Å². The SMILES string of the molecule is c1ccc(-n2c3ccccc3c3c4c5ccccc5n(-c5nc(-c6ccc7c(c6)oc6ccc8ccccc8c67)c6oc7ccccc7c6n5)c4ccc32)cc1. The third-order valence-corrected chi connectivity index (χ3v) is 11.5. The van der Waals surface area contributed by atoms with E-state index in [1.165, 1.54) is 26.9 Å². The van der Waals surface area contributed by atoms with E-state index in [9.17, 15) is 0 Å². The Kier molecular flexibility index (Phi) is 5.80. The van der Waals surface area contributed by atoms with Gasteiger partial charge in [-0.3, -0.25) is 4.57 Å². The monoisotopic (exact) mass is 716 g/mol. The average molecular weight is 717 g/mol. The maximum atomic E-state index is 6.60. The van der Waals surface area contributed by atoms with E-state index in [-0.39, 0.29) is 0 Å². The molecule has 6 heteroatoms. The number of nitrogens with zero attached hydrogens (tertiary/aromatic N) is 4. The van der Waals surface area contributed by atoms with Crippen molar-refractivity contribution in [1.82, 2.24) is 19.1 Å². The molecule has 260 valence electrons. The summed E-state index contributed by atoms with van der Waals surface area (Å²) in [6.07, 6.45) is 0. The van der Waals surface area contributed by atoms with Gasteiger partial charge in [0, 0.05) is 49.0 Å². The van der Waals surface area contributed by atoms with E-state index in [4.69, 9.17) is 18.8 Å². The molecule has 0 aliphatic heterocycles. The molecule has 6 nitrogen and oxygen atoms in total. The quantitative estimate of drug-likeness (QED) is 0.183. The van der Waals surface area contributed by atoms with E-state index in [2.05, 4.69) is 161 Å². The third kappa shape index (κ3) is 3.94. The summed E-state index contributed by atoms with van der Waals surface area (Å²) < 4.78 is 17.7. The Morgan fingerprint density at radius 3 is 1.86 bits per heavy atom. The Bertz CT molecular complexity index is 3770. The van der Waals surface area contributed by atoms with Crippen molar-refractivity contribution in [2.75, 3.05) is 0 Å². The van der Waals surface area contributed by atoms with Crippen LogP contribution in [0.1, 0.15) is 0 Å². The first kappa shape index (κ1) is 29.7. The molecule has 0 unspecified atom stereocenters. The lowest BCUT2D eigenvalue weighted by Crippen LogP contribution is -2.03. The second kappa shape index (κ2) is 10.9. The Labute approximate surface area is 318 Å². The van der Waals surface area contributed by atoms with Crippen LogP contribution in [-0.4, -0.2) is 19.1 Å². The van der Waals surface area contributed by atoms with Crippen molar-refractivity contribution >= 4 is 98.4 Å². The minimum atomic E-state index is 0.576. The molecule has 0 spiro atoms. The average Bonchev–Trinajstić information content (AvgIpc) is 4.01. The van der Waals surface area contributed by atoms with Crippen LogP contribution in [0.25, 0.3) is 121 Å². The fourth-order valence-electron chi connectivity index (χ4n) is 9.16. The van der Waals surface area contributed by atoms with Gasteiger partial charge in [0.15, 0.2) is 5.58 Å². The molecule has 5 aromatic heterocycles. The molecule has 0 fully saturated rings. The van der Waals surface area contributed by atoms with Gasteiger partial charge in [0.2, 0.25) is 5.95 Å². The van der Waals surface area contributed by atoms with Crippen LogP contribution in [-0.2, 0) is 0 Å². The van der Waals surface area contributed by atoms with Gasteiger partial charge in [-0.25, -0.2) is 9.97 Å². The summed E-state index contributed by atoms with van der Waals surface area (Å²) in [7, 11) is 0. The highest BCUT2D eigenvalue weighted by molar-refractivity contribution is 6.29. The lowest BCUT2D eigenvalue weighted by atomic mass is 10.0. The molecule has 0 saturated heterocycles. The molecule has 0 atom stereocenters. The second-order valence-electron chi connectivity index (χ2n) is 14.5. The highest BCUT2D eigenvalue weighted by Gasteiger charge is 2.24. The Morgan fingerprint density at radius 1 is 0.393 bits per heavy atom. The minimum absolute atomic E-state index is 0.576. The van der Waals surface area contributed by atoms with Crippen molar-refractivity contribution < 1.29 is 8.83 Å². The molecule has 5 heterocycles. The van der Waals surface area contributed by atoms with Gasteiger partial charge in [0.25, 0.3) is 0 Å². The van der Waals surface area contributed by atoms with E-state index in [1.807, 2.05) is 18.2 Å². The zero-order valence-electron chi connectivity index (χ0n) is 29.8. The first-order valence-electron chi connectivity index (χ1n) is 18.8. The molecular weight excluding hydrogens is 689 g/mol. The zero-order valence-corrected chi connectivity index (χ0v) is 29.8. The number of benzene rings is 8. The van der Waals surface area contributed by atoms with Crippen molar-refractivity contribution in [3.63, 3.8) is 0 Å². The van der Waals surface area contributed by atoms with E-state index in [0.717, 1.165) is 77.1 Å². The van der Waals surface area contributed by atoms with Crippen LogP contribution in [0.15, 0.2) is 179 Å². The van der Waals surface area contributed by atoms with Crippen LogP contribution in [0.4, 0.5) is 0 Å². The predicted octanol–water partition coefficient (Wildman–Crippen LogP) is 13.3. The van der Waals surface area contributed by atoms with Crippen LogP contribution in [0, 0.1) is 0 Å².